The Balaban J connectivity index is 2.33. The largest absolute Gasteiger partial charge is 0.391 e. The van der Waals surface area contributed by atoms with E-state index in [1.54, 1.807) is 0 Å². The van der Waals surface area contributed by atoms with E-state index in [-0.39, 0.29) is 5.41 Å². The first kappa shape index (κ1) is 19.9. The highest BCUT2D eigenvalue weighted by molar-refractivity contribution is 5.13. The van der Waals surface area contributed by atoms with Crippen molar-refractivity contribution in [3.05, 3.63) is 48.6 Å². The Bertz CT molecular complexity index is 450. The van der Waals surface area contributed by atoms with Crippen molar-refractivity contribution in [1.29, 1.82) is 0 Å². The first-order chi connectivity index (χ1) is 10.7. The SMILES string of the molecule is C=C[C@@](C)(CCCC(C)(C)O)C[C@H](O)COCc1ccccc1. The van der Waals surface area contributed by atoms with Gasteiger partial charge in [0.2, 0.25) is 0 Å². The van der Waals surface area contributed by atoms with Gasteiger partial charge in [0.15, 0.2) is 0 Å². The molecule has 130 valence electrons. The molecular weight excluding hydrogens is 288 g/mol. The molecule has 0 aliphatic rings. The van der Waals surface area contributed by atoms with Crippen LogP contribution in [0.1, 0.15) is 52.0 Å². The molecule has 3 heteroatoms. The molecular formula is C20H32O3. The molecule has 23 heavy (non-hydrogen) atoms. The van der Waals surface area contributed by atoms with Crippen LogP contribution >= 0.6 is 0 Å². The summed E-state index contributed by atoms with van der Waals surface area (Å²) in [5, 5.41) is 20.0. The molecule has 0 amide bonds. The first-order valence-electron chi connectivity index (χ1n) is 8.40. The monoisotopic (exact) mass is 320 g/mol. The molecule has 0 bridgehead atoms. The standard InChI is InChI=1S/C20H32O3/c1-5-20(4,13-9-12-19(2,3)22)14-18(21)16-23-15-17-10-7-6-8-11-17/h5-8,10-11,18,21-22H,1,9,12-16H2,2-4H3/t18-,20-/m0/s1. The van der Waals surface area contributed by atoms with Crippen LogP contribution in [-0.2, 0) is 11.3 Å². The van der Waals surface area contributed by atoms with Crippen LogP contribution in [0.25, 0.3) is 0 Å². The van der Waals surface area contributed by atoms with Crippen molar-refractivity contribution in [2.45, 2.75) is 64.8 Å². The number of ether oxygens (including phenoxy) is 1. The molecule has 1 rings (SSSR count). The van der Waals surface area contributed by atoms with E-state index in [0.29, 0.717) is 19.6 Å². The lowest BCUT2D eigenvalue weighted by Gasteiger charge is -2.29. The average molecular weight is 320 g/mol. The Morgan fingerprint density at radius 1 is 1.17 bits per heavy atom. The Labute approximate surface area is 141 Å². The number of allylic oxidation sites excluding steroid dienone is 1. The molecule has 0 aliphatic heterocycles. The van der Waals surface area contributed by atoms with Crippen molar-refractivity contribution < 1.29 is 14.9 Å². The molecule has 0 heterocycles. The van der Waals surface area contributed by atoms with E-state index in [9.17, 15) is 10.2 Å². The van der Waals surface area contributed by atoms with Gasteiger partial charge in [0, 0.05) is 0 Å². The molecule has 0 spiro atoms. The maximum atomic E-state index is 10.2. The third-order valence-corrected chi connectivity index (χ3v) is 4.15. The predicted octanol–water partition coefficient (Wildman–Crippen LogP) is 4.09. The van der Waals surface area contributed by atoms with Crippen LogP contribution < -0.4 is 0 Å². The van der Waals surface area contributed by atoms with Gasteiger partial charge in [-0.2, -0.15) is 0 Å². The highest BCUT2D eigenvalue weighted by Gasteiger charge is 2.25. The highest BCUT2D eigenvalue weighted by atomic mass is 16.5. The summed E-state index contributed by atoms with van der Waals surface area (Å²) in [7, 11) is 0. The fourth-order valence-electron chi connectivity index (χ4n) is 2.70. The van der Waals surface area contributed by atoms with Gasteiger partial charge in [0.05, 0.1) is 24.9 Å². The summed E-state index contributed by atoms with van der Waals surface area (Å²) in [6.45, 7) is 10.5. The quantitative estimate of drug-likeness (QED) is 0.604. The molecule has 1 aromatic carbocycles. The van der Waals surface area contributed by atoms with Crippen molar-refractivity contribution in [3.8, 4) is 0 Å². The molecule has 0 saturated carbocycles. The van der Waals surface area contributed by atoms with Crippen LogP contribution in [0.4, 0.5) is 0 Å². The van der Waals surface area contributed by atoms with Gasteiger partial charge in [0.1, 0.15) is 0 Å². The predicted molar refractivity (Wildman–Crippen MR) is 95.2 cm³/mol. The summed E-state index contributed by atoms with van der Waals surface area (Å²) in [5.74, 6) is 0. The number of rotatable bonds is 11. The van der Waals surface area contributed by atoms with E-state index >= 15 is 0 Å². The third kappa shape index (κ3) is 8.89. The van der Waals surface area contributed by atoms with E-state index in [0.717, 1.165) is 24.8 Å². The van der Waals surface area contributed by atoms with Crippen molar-refractivity contribution >= 4 is 0 Å². The Morgan fingerprint density at radius 2 is 1.83 bits per heavy atom. The number of aliphatic hydroxyl groups is 2. The lowest BCUT2D eigenvalue weighted by atomic mass is 9.79. The number of benzene rings is 1. The zero-order chi connectivity index (χ0) is 17.3. The summed E-state index contributed by atoms with van der Waals surface area (Å²) >= 11 is 0. The highest BCUT2D eigenvalue weighted by Crippen LogP contribution is 2.32. The van der Waals surface area contributed by atoms with E-state index < -0.39 is 11.7 Å². The van der Waals surface area contributed by atoms with Crippen LogP contribution in [0.5, 0.6) is 0 Å². The molecule has 2 N–H and O–H groups in total. The molecule has 0 saturated heterocycles. The zero-order valence-electron chi connectivity index (χ0n) is 14.8. The molecule has 0 aromatic heterocycles. The minimum atomic E-state index is -0.639. The smallest absolute Gasteiger partial charge is 0.0782 e. The van der Waals surface area contributed by atoms with Gasteiger partial charge in [-0.25, -0.2) is 0 Å². The molecule has 3 nitrogen and oxygen atoms in total. The van der Waals surface area contributed by atoms with Gasteiger partial charge in [0.25, 0.3) is 0 Å². The Kier molecular flexibility index (Phi) is 7.97. The minimum absolute atomic E-state index is 0.138. The Hall–Kier alpha value is -1.16. The molecule has 1 aromatic rings. The van der Waals surface area contributed by atoms with Crippen molar-refractivity contribution in [2.24, 2.45) is 5.41 Å². The minimum Gasteiger partial charge on any atom is -0.391 e. The summed E-state index contributed by atoms with van der Waals surface area (Å²) < 4.78 is 5.61. The van der Waals surface area contributed by atoms with Crippen molar-refractivity contribution in [2.75, 3.05) is 6.61 Å². The van der Waals surface area contributed by atoms with Crippen LogP contribution in [0, 0.1) is 5.41 Å². The summed E-state index contributed by atoms with van der Waals surface area (Å²) in [6.07, 6.45) is 4.58. The molecule has 0 aliphatic carbocycles. The maximum Gasteiger partial charge on any atom is 0.0782 e. The number of hydrogen-bond acceptors (Lipinski definition) is 3. The molecule has 0 fully saturated rings. The second kappa shape index (κ2) is 9.21. The van der Waals surface area contributed by atoms with Crippen LogP contribution in [0.15, 0.2) is 43.0 Å². The zero-order valence-corrected chi connectivity index (χ0v) is 14.8. The number of aliphatic hydroxyl groups excluding tert-OH is 1. The first-order valence-corrected chi connectivity index (χ1v) is 8.40. The van der Waals surface area contributed by atoms with Gasteiger partial charge in [-0.3, -0.25) is 0 Å². The lowest BCUT2D eigenvalue weighted by Crippen LogP contribution is -2.26. The topological polar surface area (TPSA) is 49.7 Å². The van der Waals surface area contributed by atoms with E-state index in [2.05, 4.69) is 13.5 Å². The molecule has 0 unspecified atom stereocenters. The molecule has 0 radical (unpaired) electrons. The van der Waals surface area contributed by atoms with Gasteiger partial charge < -0.3 is 14.9 Å². The van der Waals surface area contributed by atoms with Crippen LogP contribution in [0.2, 0.25) is 0 Å². The van der Waals surface area contributed by atoms with E-state index in [4.69, 9.17) is 4.74 Å². The fourth-order valence-corrected chi connectivity index (χ4v) is 2.70. The normalized spacial score (nSPS) is 15.9. The average Bonchev–Trinajstić information content (AvgIpc) is 2.47. The maximum absolute atomic E-state index is 10.2. The van der Waals surface area contributed by atoms with Gasteiger partial charge >= 0.3 is 0 Å². The van der Waals surface area contributed by atoms with Gasteiger partial charge in [-0.05, 0) is 50.5 Å². The van der Waals surface area contributed by atoms with Gasteiger partial charge in [-0.1, -0.05) is 43.3 Å². The van der Waals surface area contributed by atoms with E-state index in [1.165, 1.54) is 0 Å². The molecule has 2 atom stereocenters. The van der Waals surface area contributed by atoms with Gasteiger partial charge in [-0.15, -0.1) is 6.58 Å². The summed E-state index contributed by atoms with van der Waals surface area (Å²) in [4.78, 5) is 0. The van der Waals surface area contributed by atoms with E-state index in [1.807, 2.05) is 50.3 Å². The Morgan fingerprint density at radius 3 is 2.39 bits per heavy atom. The lowest BCUT2D eigenvalue weighted by molar-refractivity contribution is 0.00802. The summed E-state index contributed by atoms with van der Waals surface area (Å²) in [5.41, 5.74) is 0.330. The third-order valence-electron chi connectivity index (χ3n) is 4.15. The van der Waals surface area contributed by atoms with Crippen molar-refractivity contribution in [1.82, 2.24) is 0 Å². The second-order valence-corrected chi connectivity index (χ2v) is 7.38. The summed E-state index contributed by atoms with van der Waals surface area (Å²) in [6, 6.07) is 9.95. The number of hydrogen-bond donors (Lipinski definition) is 2. The van der Waals surface area contributed by atoms with Crippen LogP contribution in [0.3, 0.4) is 0 Å². The fraction of sp³-hybridized carbons (Fsp3) is 0.600. The van der Waals surface area contributed by atoms with Crippen molar-refractivity contribution in [3.63, 3.8) is 0 Å². The second-order valence-electron chi connectivity index (χ2n) is 7.38. The van der Waals surface area contributed by atoms with Crippen LogP contribution in [-0.4, -0.2) is 28.5 Å².